The van der Waals surface area contributed by atoms with Gasteiger partial charge in [-0.2, -0.15) is 0 Å². The first-order valence-electron chi connectivity index (χ1n) is 14.0. The van der Waals surface area contributed by atoms with Gasteiger partial charge in [-0.05, 0) is 83.1 Å². The predicted octanol–water partition coefficient (Wildman–Crippen LogP) is 6.72. The molecule has 3 atom stereocenters. The van der Waals surface area contributed by atoms with Crippen LogP contribution >= 0.6 is 0 Å². The van der Waals surface area contributed by atoms with E-state index in [1.165, 1.54) is 0 Å². The van der Waals surface area contributed by atoms with Crippen LogP contribution in [0, 0.1) is 19.8 Å². The Balaban J connectivity index is 2.59. The topological polar surface area (TPSA) is 87.7 Å². The molecule has 2 aromatic carbocycles. The third kappa shape index (κ3) is 8.57. The van der Waals surface area contributed by atoms with Gasteiger partial charge in [-0.15, -0.1) is 0 Å². The van der Waals surface area contributed by atoms with Gasteiger partial charge in [0.05, 0.1) is 0 Å². The van der Waals surface area contributed by atoms with Crippen LogP contribution in [0.5, 0.6) is 0 Å². The van der Waals surface area contributed by atoms with Gasteiger partial charge in [0.25, 0.3) is 5.91 Å². The van der Waals surface area contributed by atoms with E-state index in [0.717, 1.165) is 28.8 Å². The normalized spacial score (nSPS) is 13.8. The van der Waals surface area contributed by atoms with Crippen LogP contribution in [-0.2, 0) is 20.7 Å². The van der Waals surface area contributed by atoms with E-state index in [2.05, 4.69) is 17.6 Å². The number of alkyl carbamates (subject to hydrolysis) is 1. The molecule has 2 aromatic rings. The van der Waals surface area contributed by atoms with Crippen LogP contribution in [0.25, 0.3) is 0 Å². The fraction of sp³-hybridized carbons (Fsp3) is 0.531. The number of nitrogens with one attached hydrogen (secondary N) is 2. The molecular weight excluding hydrogens is 490 g/mol. The minimum atomic E-state index is -0.908. The van der Waals surface area contributed by atoms with Crippen molar-refractivity contribution in [1.29, 1.82) is 0 Å². The zero-order valence-electron chi connectivity index (χ0n) is 25.3. The second-order valence-electron chi connectivity index (χ2n) is 11.6. The molecule has 0 radical (unpaired) electrons. The molecule has 39 heavy (non-hydrogen) atoms. The first-order chi connectivity index (χ1) is 18.2. The largest absolute Gasteiger partial charge is 0.444 e. The van der Waals surface area contributed by atoms with E-state index >= 15 is 0 Å². The van der Waals surface area contributed by atoms with Crippen molar-refractivity contribution in [2.24, 2.45) is 5.92 Å². The van der Waals surface area contributed by atoms with Crippen molar-refractivity contribution < 1.29 is 19.1 Å². The van der Waals surface area contributed by atoms with Gasteiger partial charge in [0.15, 0.2) is 0 Å². The Morgan fingerprint density at radius 1 is 0.923 bits per heavy atom. The molecule has 0 fully saturated rings. The van der Waals surface area contributed by atoms with Crippen molar-refractivity contribution >= 4 is 23.6 Å². The Morgan fingerprint density at radius 2 is 1.49 bits per heavy atom. The summed E-state index contributed by atoms with van der Waals surface area (Å²) in [6.45, 7) is 19.0. The average molecular weight is 538 g/mol. The zero-order chi connectivity index (χ0) is 29.5. The summed E-state index contributed by atoms with van der Waals surface area (Å²) in [6, 6.07) is 11.5. The van der Waals surface area contributed by atoms with Crippen LogP contribution in [0.15, 0.2) is 42.5 Å². The van der Waals surface area contributed by atoms with E-state index < -0.39 is 23.8 Å². The van der Waals surface area contributed by atoms with Crippen LogP contribution in [0.3, 0.4) is 0 Å². The number of aryl methyl sites for hydroxylation is 3. The minimum absolute atomic E-state index is 0.184. The van der Waals surface area contributed by atoms with Crippen LogP contribution < -0.4 is 10.6 Å². The molecule has 2 N–H and O–H groups in total. The third-order valence-corrected chi connectivity index (χ3v) is 6.92. The lowest BCUT2D eigenvalue weighted by Gasteiger charge is -2.38. The van der Waals surface area contributed by atoms with Crippen molar-refractivity contribution in [3.8, 4) is 0 Å². The van der Waals surface area contributed by atoms with Crippen molar-refractivity contribution in [3.63, 3.8) is 0 Å². The van der Waals surface area contributed by atoms with E-state index in [1.807, 2.05) is 84.0 Å². The maximum Gasteiger partial charge on any atom is 0.408 e. The first-order valence-corrected chi connectivity index (χ1v) is 14.0. The van der Waals surface area contributed by atoms with Crippen molar-refractivity contribution in [1.82, 2.24) is 10.2 Å². The molecule has 2 rings (SSSR count). The molecule has 0 saturated heterocycles. The number of benzene rings is 2. The minimum Gasteiger partial charge on any atom is -0.444 e. The SMILES string of the molecule is CCc1ccc(C(C(=O)Nc2c(C)cccc2C)N(C(=O)C(NC(=O)OC(C)(C)C)C(C)CC)C(C)C)cc1. The molecule has 214 valence electrons. The summed E-state index contributed by atoms with van der Waals surface area (Å²) in [6.07, 6.45) is 0.860. The summed E-state index contributed by atoms with van der Waals surface area (Å²) in [5.74, 6) is -0.818. The molecule has 3 unspecified atom stereocenters. The van der Waals surface area contributed by atoms with E-state index in [-0.39, 0.29) is 23.8 Å². The van der Waals surface area contributed by atoms with E-state index in [4.69, 9.17) is 4.74 Å². The molecule has 0 spiro atoms. The quantitative estimate of drug-likeness (QED) is 0.352. The average Bonchev–Trinajstić information content (AvgIpc) is 2.86. The number of carbonyl (C=O) groups is 3. The first kappa shape index (κ1) is 31.9. The molecule has 0 heterocycles. The number of amides is 3. The fourth-order valence-electron chi connectivity index (χ4n) is 4.54. The summed E-state index contributed by atoms with van der Waals surface area (Å²) < 4.78 is 5.48. The molecule has 7 heteroatoms. The molecule has 0 aliphatic heterocycles. The second kappa shape index (κ2) is 13.6. The van der Waals surface area contributed by atoms with Gasteiger partial charge < -0.3 is 20.3 Å². The highest BCUT2D eigenvalue weighted by Gasteiger charge is 2.39. The van der Waals surface area contributed by atoms with Crippen LogP contribution in [0.1, 0.15) is 90.1 Å². The summed E-state index contributed by atoms with van der Waals surface area (Å²) in [4.78, 5) is 42.7. The second-order valence-corrected chi connectivity index (χ2v) is 11.6. The molecule has 3 amide bonds. The highest BCUT2D eigenvalue weighted by Crippen LogP contribution is 2.30. The van der Waals surface area contributed by atoms with Gasteiger partial charge in [0.1, 0.15) is 17.7 Å². The predicted molar refractivity (Wildman–Crippen MR) is 158 cm³/mol. The standard InChI is InChI=1S/C32H47N3O4/c1-11-21(5)27(34-31(38)39-32(8,9)10)30(37)35(20(3)4)28(25-18-16-24(12-2)17-19-25)29(36)33-26-22(6)14-13-15-23(26)7/h13-21,27-28H,11-12H2,1-10H3,(H,33,36)(H,34,38). The van der Waals surface area contributed by atoms with Gasteiger partial charge >= 0.3 is 6.09 Å². The molecule has 0 aliphatic rings. The number of para-hydroxylation sites is 1. The van der Waals surface area contributed by atoms with Crippen molar-refractivity contribution in [3.05, 3.63) is 64.7 Å². The number of hydrogen-bond acceptors (Lipinski definition) is 4. The molecule has 0 bridgehead atoms. The maximum absolute atomic E-state index is 14.3. The molecule has 0 aliphatic carbocycles. The van der Waals surface area contributed by atoms with Crippen molar-refractivity contribution in [2.45, 2.75) is 106 Å². The monoisotopic (exact) mass is 537 g/mol. The number of ether oxygens (including phenoxy) is 1. The lowest BCUT2D eigenvalue weighted by atomic mass is 9.94. The Labute approximate surface area is 234 Å². The summed E-state index contributed by atoms with van der Waals surface area (Å²) in [5.41, 5.74) is 3.75. The van der Waals surface area contributed by atoms with Crippen LogP contribution in [0.2, 0.25) is 0 Å². The number of carbonyl (C=O) groups excluding carboxylic acids is 3. The Morgan fingerprint density at radius 3 is 1.95 bits per heavy atom. The number of anilines is 1. The Bertz CT molecular complexity index is 1110. The van der Waals surface area contributed by atoms with Gasteiger partial charge in [0, 0.05) is 11.7 Å². The van der Waals surface area contributed by atoms with E-state index in [0.29, 0.717) is 12.0 Å². The van der Waals surface area contributed by atoms with Gasteiger partial charge in [0.2, 0.25) is 5.91 Å². The Kier molecular flexibility index (Phi) is 11.1. The molecular formula is C32H47N3O4. The summed E-state index contributed by atoms with van der Waals surface area (Å²) in [7, 11) is 0. The number of nitrogens with zero attached hydrogens (tertiary/aromatic N) is 1. The van der Waals surface area contributed by atoms with E-state index in [9.17, 15) is 14.4 Å². The highest BCUT2D eigenvalue weighted by molar-refractivity contribution is 6.00. The fourth-order valence-corrected chi connectivity index (χ4v) is 4.54. The Hall–Kier alpha value is -3.35. The van der Waals surface area contributed by atoms with Gasteiger partial charge in [-0.25, -0.2) is 4.79 Å². The summed E-state index contributed by atoms with van der Waals surface area (Å²) in [5, 5.41) is 5.91. The zero-order valence-corrected chi connectivity index (χ0v) is 25.3. The van der Waals surface area contributed by atoms with Gasteiger partial charge in [-0.1, -0.05) is 69.7 Å². The third-order valence-electron chi connectivity index (χ3n) is 6.92. The maximum atomic E-state index is 14.3. The highest BCUT2D eigenvalue weighted by atomic mass is 16.6. The van der Waals surface area contributed by atoms with Crippen LogP contribution in [0.4, 0.5) is 10.5 Å². The molecule has 7 nitrogen and oxygen atoms in total. The number of rotatable bonds is 10. The smallest absolute Gasteiger partial charge is 0.408 e. The van der Waals surface area contributed by atoms with Crippen molar-refractivity contribution in [2.75, 3.05) is 5.32 Å². The lowest BCUT2D eigenvalue weighted by molar-refractivity contribution is -0.144. The summed E-state index contributed by atoms with van der Waals surface area (Å²) >= 11 is 0. The molecule has 0 aromatic heterocycles. The number of hydrogen-bond donors (Lipinski definition) is 2. The molecule has 0 saturated carbocycles. The van der Waals surface area contributed by atoms with Gasteiger partial charge in [-0.3, -0.25) is 9.59 Å². The van der Waals surface area contributed by atoms with E-state index in [1.54, 1.807) is 25.7 Å². The van der Waals surface area contributed by atoms with Crippen LogP contribution in [-0.4, -0.2) is 40.5 Å². The lowest BCUT2D eigenvalue weighted by Crippen LogP contribution is -2.56.